The summed E-state index contributed by atoms with van der Waals surface area (Å²) in [5.74, 6) is -1.33. The number of benzene rings is 2. The van der Waals surface area contributed by atoms with Gasteiger partial charge in [-0.1, -0.05) is 24.3 Å². The fourth-order valence-electron chi connectivity index (χ4n) is 2.39. The van der Waals surface area contributed by atoms with Crippen molar-refractivity contribution in [3.63, 3.8) is 0 Å². The molecule has 96 valence electrons. The molecule has 0 saturated carbocycles. The fourth-order valence-corrected chi connectivity index (χ4v) is 2.39. The molecular weight excluding hydrogens is 256 g/mol. The van der Waals surface area contributed by atoms with Gasteiger partial charge in [0, 0.05) is 17.2 Å². The zero-order valence-electron chi connectivity index (χ0n) is 10.2. The second-order valence-corrected chi connectivity index (χ2v) is 4.42. The lowest BCUT2D eigenvalue weighted by Gasteiger charge is -2.20. The van der Waals surface area contributed by atoms with Gasteiger partial charge in [0.2, 0.25) is 0 Å². The second kappa shape index (κ2) is 3.93. The van der Waals surface area contributed by atoms with Gasteiger partial charge in [0.25, 0.3) is 0 Å². The normalized spacial score (nSPS) is 12.6. The van der Waals surface area contributed by atoms with Gasteiger partial charge in [-0.25, -0.2) is 0 Å². The minimum atomic E-state index is -0.469. The summed E-state index contributed by atoms with van der Waals surface area (Å²) in [5, 5.41) is 18.9. The lowest BCUT2D eigenvalue weighted by atomic mass is 9.82. The summed E-state index contributed by atoms with van der Waals surface area (Å²) >= 11 is 0. The third-order valence-electron chi connectivity index (χ3n) is 3.34. The first-order valence-electron chi connectivity index (χ1n) is 5.80. The second-order valence-electron chi connectivity index (χ2n) is 4.42. The van der Waals surface area contributed by atoms with Crippen LogP contribution in [0.3, 0.4) is 0 Å². The smallest absolute Gasteiger partial charge is 0.198 e. The standard InChI is InChI=1S/C15H8N2O3/c16-6-7-5-10(18)11-12(13(7)17)15(20)9-4-2-1-3-8(9)14(11)19/h1-5,18H,17H2. The number of nitrogens with zero attached hydrogens (tertiary/aromatic N) is 1. The molecule has 3 rings (SSSR count). The summed E-state index contributed by atoms with van der Waals surface area (Å²) in [4.78, 5) is 24.8. The highest BCUT2D eigenvalue weighted by atomic mass is 16.3. The summed E-state index contributed by atoms with van der Waals surface area (Å²) in [6.45, 7) is 0. The van der Waals surface area contributed by atoms with Gasteiger partial charge in [0.05, 0.1) is 22.4 Å². The molecule has 20 heavy (non-hydrogen) atoms. The van der Waals surface area contributed by atoms with E-state index >= 15 is 0 Å². The van der Waals surface area contributed by atoms with E-state index in [4.69, 9.17) is 11.0 Å². The number of phenols is 1. The highest BCUT2D eigenvalue weighted by molar-refractivity contribution is 6.31. The Hall–Kier alpha value is -3.13. The van der Waals surface area contributed by atoms with Crippen LogP contribution in [0.15, 0.2) is 30.3 Å². The molecule has 0 atom stereocenters. The Labute approximate surface area is 113 Å². The van der Waals surface area contributed by atoms with E-state index in [0.29, 0.717) is 0 Å². The summed E-state index contributed by atoms with van der Waals surface area (Å²) in [5.41, 5.74) is 5.91. The summed E-state index contributed by atoms with van der Waals surface area (Å²) in [6, 6.07) is 9.22. The van der Waals surface area contributed by atoms with Crippen molar-refractivity contribution in [2.24, 2.45) is 0 Å². The lowest BCUT2D eigenvalue weighted by Crippen LogP contribution is -2.23. The number of nitrogens with two attached hydrogens (primary N) is 1. The van der Waals surface area contributed by atoms with Crippen LogP contribution >= 0.6 is 0 Å². The minimum absolute atomic E-state index is 0.0261. The Balaban J connectivity index is 2.43. The van der Waals surface area contributed by atoms with Crippen LogP contribution in [0.4, 0.5) is 5.69 Å². The zero-order valence-corrected chi connectivity index (χ0v) is 10.2. The molecule has 5 nitrogen and oxygen atoms in total. The molecule has 2 aromatic rings. The van der Waals surface area contributed by atoms with Crippen LogP contribution in [0, 0.1) is 11.3 Å². The predicted octanol–water partition coefficient (Wildman–Crippen LogP) is 1.62. The van der Waals surface area contributed by atoms with E-state index in [2.05, 4.69) is 0 Å². The van der Waals surface area contributed by atoms with Gasteiger partial charge in [0.15, 0.2) is 11.6 Å². The lowest BCUT2D eigenvalue weighted by molar-refractivity contribution is 0.0977. The number of phenolic OH excluding ortho intramolecular Hbond substituents is 1. The first-order valence-corrected chi connectivity index (χ1v) is 5.80. The molecular formula is C15H8N2O3. The Morgan fingerprint density at radius 3 is 2.15 bits per heavy atom. The Kier molecular flexibility index (Phi) is 2.35. The molecule has 0 saturated heterocycles. The topological polar surface area (TPSA) is 104 Å². The largest absolute Gasteiger partial charge is 0.507 e. The van der Waals surface area contributed by atoms with Crippen molar-refractivity contribution in [3.05, 3.63) is 58.1 Å². The molecule has 1 aliphatic rings. The van der Waals surface area contributed by atoms with Gasteiger partial charge in [-0.2, -0.15) is 5.26 Å². The van der Waals surface area contributed by atoms with Gasteiger partial charge in [0.1, 0.15) is 11.8 Å². The average molecular weight is 264 g/mol. The summed E-state index contributed by atoms with van der Waals surface area (Å²) < 4.78 is 0. The number of aromatic hydroxyl groups is 1. The van der Waals surface area contributed by atoms with Crippen molar-refractivity contribution in [1.29, 1.82) is 5.26 Å². The first-order chi connectivity index (χ1) is 9.56. The maximum Gasteiger partial charge on any atom is 0.198 e. The first kappa shape index (κ1) is 11.9. The molecule has 0 unspecified atom stereocenters. The maximum atomic E-state index is 12.4. The highest BCUT2D eigenvalue weighted by Gasteiger charge is 2.34. The van der Waals surface area contributed by atoms with E-state index in [1.807, 2.05) is 0 Å². The van der Waals surface area contributed by atoms with Gasteiger partial charge >= 0.3 is 0 Å². The van der Waals surface area contributed by atoms with E-state index in [1.54, 1.807) is 18.2 Å². The fraction of sp³-hybridized carbons (Fsp3) is 0. The number of nitrogen functional groups attached to an aromatic ring is 1. The van der Waals surface area contributed by atoms with E-state index in [-0.39, 0.29) is 33.5 Å². The predicted molar refractivity (Wildman–Crippen MR) is 70.5 cm³/mol. The van der Waals surface area contributed by atoms with Crippen molar-refractivity contribution in [3.8, 4) is 11.8 Å². The number of hydrogen-bond acceptors (Lipinski definition) is 5. The SMILES string of the molecule is N#Cc1cc(O)c2c(c1N)C(=O)c1ccccc1C2=O. The quantitative estimate of drug-likeness (QED) is 0.474. The van der Waals surface area contributed by atoms with Crippen LogP contribution in [-0.2, 0) is 0 Å². The number of ketones is 2. The molecule has 0 bridgehead atoms. The van der Waals surface area contributed by atoms with Gasteiger partial charge in [-0.3, -0.25) is 9.59 Å². The van der Waals surface area contributed by atoms with Crippen molar-refractivity contribution in [2.75, 3.05) is 5.73 Å². The summed E-state index contributed by atoms with van der Waals surface area (Å²) in [7, 11) is 0. The van der Waals surface area contributed by atoms with E-state index < -0.39 is 17.3 Å². The van der Waals surface area contributed by atoms with Crippen LogP contribution in [0.25, 0.3) is 0 Å². The van der Waals surface area contributed by atoms with Gasteiger partial charge in [-0.05, 0) is 0 Å². The zero-order chi connectivity index (χ0) is 14.4. The van der Waals surface area contributed by atoms with Crippen LogP contribution < -0.4 is 5.73 Å². The monoisotopic (exact) mass is 264 g/mol. The molecule has 5 heteroatoms. The molecule has 2 aromatic carbocycles. The molecule has 3 N–H and O–H groups in total. The molecule has 1 aliphatic carbocycles. The van der Waals surface area contributed by atoms with Gasteiger partial charge < -0.3 is 10.8 Å². The Morgan fingerprint density at radius 2 is 1.60 bits per heavy atom. The van der Waals surface area contributed by atoms with Crippen LogP contribution in [0.2, 0.25) is 0 Å². The Morgan fingerprint density at radius 1 is 1.05 bits per heavy atom. The van der Waals surface area contributed by atoms with E-state index in [9.17, 15) is 14.7 Å². The Bertz CT molecular complexity index is 832. The molecule has 0 aromatic heterocycles. The number of carbonyl (C=O) groups excluding carboxylic acids is 2. The van der Waals surface area contributed by atoms with E-state index in [1.165, 1.54) is 12.1 Å². The molecule has 0 amide bonds. The molecule has 0 fully saturated rings. The van der Waals surface area contributed by atoms with Crippen LogP contribution in [0.5, 0.6) is 5.75 Å². The van der Waals surface area contributed by atoms with Crippen molar-refractivity contribution in [1.82, 2.24) is 0 Å². The number of carbonyl (C=O) groups is 2. The van der Waals surface area contributed by atoms with Crippen molar-refractivity contribution >= 4 is 17.3 Å². The molecule has 0 aliphatic heterocycles. The number of fused-ring (bicyclic) bond motifs is 2. The third kappa shape index (κ3) is 1.36. The number of hydrogen-bond donors (Lipinski definition) is 2. The van der Waals surface area contributed by atoms with Crippen LogP contribution in [0.1, 0.15) is 37.4 Å². The third-order valence-corrected chi connectivity index (χ3v) is 3.34. The number of anilines is 1. The maximum absolute atomic E-state index is 12.4. The number of nitriles is 1. The molecule has 0 spiro atoms. The van der Waals surface area contributed by atoms with Crippen LogP contribution in [-0.4, -0.2) is 16.7 Å². The summed E-state index contributed by atoms with van der Waals surface area (Å²) in [6.07, 6.45) is 0. The molecule has 0 radical (unpaired) electrons. The van der Waals surface area contributed by atoms with Crippen molar-refractivity contribution in [2.45, 2.75) is 0 Å². The molecule has 0 heterocycles. The van der Waals surface area contributed by atoms with E-state index in [0.717, 1.165) is 6.07 Å². The highest BCUT2D eigenvalue weighted by Crippen LogP contribution is 2.37. The van der Waals surface area contributed by atoms with Gasteiger partial charge in [-0.15, -0.1) is 0 Å². The number of rotatable bonds is 0. The van der Waals surface area contributed by atoms with Crippen molar-refractivity contribution < 1.29 is 14.7 Å². The minimum Gasteiger partial charge on any atom is -0.507 e. The average Bonchev–Trinajstić information content (AvgIpc) is 2.46.